The molecule has 1 unspecified atom stereocenters. The van der Waals surface area contributed by atoms with Crippen molar-refractivity contribution in [1.29, 1.82) is 0 Å². The number of aliphatic carboxylic acids is 1. The van der Waals surface area contributed by atoms with Crippen LogP contribution in [0.5, 0.6) is 5.75 Å². The van der Waals surface area contributed by atoms with Crippen molar-refractivity contribution in [2.45, 2.75) is 43.9 Å². The van der Waals surface area contributed by atoms with Crippen molar-refractivity contribution in [2.75, 3.05) is 7.11 Å². The highest BCUT2D eigenvalue weighted by molar-refractivity contribution is 7.85. The molecule has 2 rings (SSSR count). The Hall–Kier alpha value is -2.35. The van der Waals surface area contributed by atoms with E-state index in [2.05, 4.69) is 0 Å². The summed E-state index contributed by atoms with van der Waals surface area (Å²) < 4.78 is 57.2. The van der Waals surface area contributed by atoms with Crippen molar-refractivity contribution in [2.24, 2.45) is 0 Å². The molecule has 4 nitrogen and oxygen atoms in total. The molecule has 29 heavy (non-hydrogen) atoms. The van der Waals surface area contributed by atoms with Crippen molar-refractivity contribution < 1.29 is 32.0 Å². The van der Waals surface area contributed by atoms with E-state index in [0.29, 0.717) is 22.4 Å². The zero-order valence-electron chi connectivity index (χ0n) is 16.6. The Morgan fingerprint density at radius 1 is 1.07 bits per heavy atom. The van der Waals surface area contributed by atoms with Crippen molar-refractivity contribution in [3.05, 3.63) is 53.1 Å². The van der Waals surface area contributed by atoms with Crippen LogP contribution in [-0.2, 0) is 33.9 Å². The molecule has 0 aromatic heterocycles. The first-order chi connectivity index (χ1) is 13.3. The lowest BCUT2D eigenvalue weighted by Gasteiger charge is -2.21. The Kier molecular flexibility index (Phi) is 6.78. The Labute approximate surface area is 170 Å². The number of carboxylic acids is 1. The van der Waals surface area contributed by atoms with Crippen LogP contribution in [0.4, 0.5) is 13.2 Å². The van der Waals surface area contributed by atoms with Crippen LogP contribution in [-0.4, -0.2) is 27.1 Å². The Morgan fingerprint density at radius 3 is 2.24 bits per heavy atom. The molecular weight excluding hydrogens is 405 g/mol. The van der Waals surface area contributed by atoms with E-state index < -0.39 is 33.3 Å². The summed E-state index contributed by atoms with van der Waals surface area (Å²) in [7, 11) is -0.00934. The van der Waals surface area contributed by atoms with E-state index >= 15 is 0 Å². The minimum absolute atomic E-state index is 0.0743. The monoisotopic (exact) mass is 428 g/mol. The van der Waals surface area contributed by atoms with Gasteiger partial charge in [0.2, 0.25) is 0 Å². The number of ether oxygens (including phenoxy) is 1. The molecule has 0 saturated carbocycles. The minimum Gasteiger partial charge on any atom is -0.496 e. The van der Waals surface area contributed by atoms with Gasteiger partial charge in [-0.1, -0.05) is 12.1 Å². The highest BCUT2D eigenvalue weighted by atomic mass is 32.2. The summed E-state index contributed by atoms with van der Waals surface area (Å²) in [5, 5.41) is 9.05. The maximum atomic E-state index is 13.3. The maximum Gasteiger partial charge on any atom is 0.416 e. The molecule has 0 aliphatic heterocycles. The standard InChI is InChI=1S/C21H23F3O4S/c1-20(2,3)29(27)12-14-11-15(21(22,23)24)6-7-16(14)17-9-13(10-19(25)26)5-8-18(17)28-4/h5-9,11H,10,12H2,1-4H3,(H,25,26). The first-order valence-electron chi connectivity index (χ1n) is 8.80. The summed E-state index contributed by atoms with van der Waals surface area (Å²) in [5.74, 6) is -0.709. The first-order valence-corrected chi connectivity index (χ1v) is 10.1. The third kappa shape index (κ3) is 5.82. The van der Waals surface area contributed by atoms with E-state index in [1.807, 2.05) is 0 Å². The summed E-state index contributed by atoms with van der Waals surface area (Å²) in [6, 6.07) is 8.03. The average molecular weight is 428 g/mol. The number of hydrogen-bond donors (Lipinski definition) is 1. The fourth-order valence-electron chi connectivity index (χ4n) is 2.76. The van der Waals surface area contributed by atoms with Gasteiger partial charge in [0.25, 0.3) is 0 Å². The van der Waals surface area contributed by atoms with E-state index in [0.717, 1.165) is 12.1 Å². The lowest BCUT2D eigenvalue weighted by Crippen LogP contribution is -2.23. The van der Waals surface area contributed by atoms with Gasteiger partial charge < -0.3 is 9.84 Å². The first kappa shape index (κ1) is 22.9. The molecule has 0 bridgehead atoms. The Balaban J connectivity index is 2.67. The van der Waals surface area contributed by atoms with Crippen LogP contribution < -0.4 is 4.74 Å². The highest BCUT2D eigenvalue weighted by Crippen LogP contribution is 2.38. The molecule has 0 saturated heterocycles. The molecule has 0 heterocycles. The lowest BCUT2D eigenvalue weighted by molar-refractivity contribution is -0.138. The molecule has 0 amide bonds. The molecule has 0 fully saturated rings. The van der Waals surface area contributed by atoms with Gasteiger partial charge in [-0.25, -0.2) is 0 Å². The number of methoxy groups -OCH3 is 1. The van der Waals surface area contributed by atoms with E-state index in [1.54, 1.807) is 39.0 Å². The van der Waals surface area contributed by atoms with Crippen LogP contribution >= 0.6 is 0 Å². The average Bonchev–Trinajstić information content (AvgIpc) is 2.59. The van der Waals surface area contributed by atoms with Crippen LogP contribution in [0, 0.1) is 0 Å². The van der Waals surface area contributed by atoms with Crippen LogP contribution in [0.25, 0.3) is 11.1 Å². The minimum atomic E-state index is -4.54. The third-order valence-corrected chi connectivity index (χ3v) is 6.25. The van der Waals surface area contributed by atoms with Gasteiger partial charge in [0.1, 0.15) is 5.75 Å². The van der Waals surface area contributed by atoms with Gasteiger partial charge in [-0.05, 0) is 61.7 Å². The number of rotatable bonds is 6. The van der Waals surface area contributed by atoms with Crippen molar-refractivity contribution in [1.82, 2.24) is 0 Å². The van der Waals surface area contributed by atoms with Gasteiger partial charge in [-0.3, -0.25) is 9.00 Å². The topological polar surface area (TPSA) is 63.6 Å². The fraction of sp³-hybridized carbons (Fsp3) is 0.381. The second-order valence-corrected chi connectivity index (χ2v) is 9.78. The van der Waals surface area contributed by atoms with Gasteiger partial charge >= 0.3 is 12.1 Å². The largest absolute Gasteiger partial charge is 0.496 e. The maximum absolute atomic E-state index is 13.3. The number of halogens is 3. The molecule has 0 radical (unpaired) electrons. The summed E-state index contributed by atoms with van der Waals surface area (Å²) in [4.78, 5) is 11.1. The van der Waals surface area contributed by atoms with Crippen molar-refractivity contribution >= 4 is 16.8 Å². The van der Waals surface area contributed by atoms with Crippen LogP contribution in [0.15, 0.2) is 36.4 Å². The van der Waals surface area contributed by atoms with E-state index in [9.17, 15) is 22.2 Å². The summed E-state index contributed by atoms with van der Waals surface area (Å²) in [6.45, 7) is 5.26. The fourth-order valence-corrected chi connectivity index (χ4v) is 3.71. The lowest BCUT2D eigenvalue weighted by atomic mass is 9.95. The molecular formula is C21H23F3O4S. The number of alkyl halides is 3. The predicted molar refractivity (Wildman–Crippen MR) is 106 cm³/mol. The van der Waals surface area contributed by atoms with Crippen LogP contribution in [0.3, 0.4) is 0 Å². The second-order valence-electron chi connectivity index (χ2n) is 7.58. The molecule has 0 spiro atoms. The zero-order valence-corrected chi connectivity index (χ0v) is 17.4. The van der Waals surface area contributed by atoms with Gasteiger partial charge in [-0.2, -0.15) is 13.2 Å². The smallest absolute Gasteiger partial charge is 0.416 e. The van der Waals surface area contributed by atoms with E-state index in [1.165, 1.54) is 13.2 Å². The van der Waals surface area contributed by atoms with Crippen molar-refractivity contribution in [3.8, 4) is 16.9 Å². The van der Waals surface area contributed by atoms with Gasteiger partial charge in [0.15, 0.2) is 0 Å². The predicted octanol–water partition coefficient (Wildman–Crippen LogP) is 5.06. The molecule has 0 aliphatic rings. The van der Waals surface area contributed by atoms with E-state index in [4.69, 9.17) is 9.84 Å². The van der Waals surface area contributed by atoms with Gasteiger partial charge in [-0.15, -0.1) is 0 Å². The number of carbonyl (C=O) groups is 1. The molecule has 2 aromatic carbocycles. The molecule has 1 atom stereocenters. The van der Waals surface area contributed by atoms with Crippen LogP contribution in [0.2, 0.25) is 0 Å². The summed E-state index contributed by atoms with van der Waals surface area (Å²) >= 11 is 0. The SMILES string of the molecule is COc1ccc(CC(=O)O)cc1-c1ccc(C(F)(F)F)cc1CS(=O)C(C)(C)C. The molecule has 8 heteroatoms. The highest BCUT2D eigenvalue weighted by Gasteiger charge is 2.32. The molecule has 1 N–H and O–H groups in total. The number of benzene rings is 2. The van der Waals surface area contributed by atoms with E-state index in [-0.39, 0.29) is 17.7 Å². The Morgan fingerprint density at radius 2 is 1.72 bits per heavy atom. The van der Waals surface area contributed by atoms with Crippen molar-refractivity contribution in [3.63, 3.8) is 0 Å². The zero-order chi connectivity index (χ0) is 22.0. The normalized spacial score (nSPS) is 13.2. The quantitative estimate of drug-likeness (QED) is 0.699. The Bertz CT molecular complexity index is 930. The molecule has 158 valence electrons. The van der Waals surface area contributed by atoms with Crippen LogP contribution in [0.1, 0.15) is 37.5 Å². The number of carboxylic acid groups (broad SMARTS) is 1. The second kappa shape index (κ2) is 8.57. The summed E-state index contributed by atoms with van der Waals surface area (Å²) in [5.41, 5.74) is 0.804. The number of hydrogen-bond acceptors (Lipinski definition) is 3. The molecule has 0 aliphatic carbocycles. The third-order valence-electron chi connectivity index (χ3n) is 4.31. The van der Waals surface area contributed by atoms with Gasteiger partial charge in [0.05, 0.1) is 19.1 Å². The summed E-state index contributed by atoms with van der Waals surface area (Å²) in [6.07, 6.45) is -4.77. The van der Waals surface area contributed by atoms with Gasteiger partial charge in [0, 0.05) is 26.9 Å². The molecule has 2 aromatic rings.